The predicted molar refractivity (Wildman–Crippen MR) is 96.0 cm³/mol. The highest BCUT2D eigenvalue weighted by Gasteiger charge is 2.25. The molecule has 0 atom stereocenters. The number of hydrogen-bond acceptors (Lipinski definition) is 2. The molecule has 0 heterocycles. The predicted octanol–water partition coefficient (Wildman–Crippen LogP) is 4.46. The molecule has 0 radical (unpaired) electrons. The van der Waals surface area contributed by atoms with Gasteiger partial charge in [0.25, 0.3) is 0 Å². The van der Waals surface area contributed by atoms with Crippen LogP contribution < -0.4 is 10.1 Å². The zero-order valence-corrected chi connectivity index (χ0v) is 15.9. The van der Waals surface area contributed by atoms with Gasteiger partial charge in [0, 0.05) is 12.1 Å². The second kappa shape index (κ2) is 7.24. The van der Waals surface area contributed by atoms with E-state index in [1.165, 1.54) is 5.56 Å². The molecule has 1 rings (SSSR count). The van der Waals surface area contributed by atoms with E-state index >= 15 is 0 Å². The number of hydrogen-bond donors (Lipinski definition) is 1. The summed E-state index contributed by atoms with van der Waals surface area (Å²) in [6, 6.07) is 6.04. The Morgan fingerprint density at radius 3 is 2.26 bits per heavy atom. The van der Waals surface area contributed by atoms with Crippen molar-refractivity contribution in [2.75, 3.05) is 13.3 Å². The average molecular weight is 320 g/mol. The Balaban J connectivity index is 2.75. The maximum atomic E-state index is 12.3. The summed E-state index contributed by atoms with van der Waals surface area (Å²) in [5.74, 6) is 0.821. The van der Waals surface area contributed by atoms with Crippen molar-refractivity contribution in [2.45, 2.75) is 66.3 Å². The van der Waals surface area contributed by atoms with Crippen LogP contribution in [0.4, 0.5) is 4.79 Å². The van der Waals surface area contributed by atoms with Crippen LogP contribution in [0.1, 0.15) is 59.6 Å². The summed E-state index contributed by atoms with van der Waals surface area (Å²) in [5.41, 5.74) is 2.14. The number of rotatable bonds is 4. The highest BCUT2D eigenvalue weighted by atomic mass is 16.5. The highest BCUT2D eigenvalue weighted by Crippen LogP contribution is 2.32. The molecular formula is C19H32N2O2. The quantitative estimate of drug-likeness (QED) is 0.832. The van der Waals surface area contributed by atoms with Gasteiger partial charge in [-0.25, -0.2) is 4.79 Å². The molecule has 1 aromatic carbocycles. The van der Waals surface area contributed by atoms with Gasteiger partial charge in [0.2, 0.25) is 0 Å². The summed E-state index contributed by atoms with van der Waals surface area (Å²) in [4.78, 5) is 14.1. The number of carbonyl (C=O) groups is 1. The summed E-state index contributed by atoms with van der Waals surface area (Å²) >= 11 is 0. The molecule has 0 aliphatic carbocycles. The number of aryl methyl sites for hydroxylation is 1. The van der Waals surface area contributed by atoms with E-state index in [4.69, 9.17) is 4.74 Å². The fourth-order valence-corrected chi connectivity index (χ4v) is 2.55. The lowest BCUT2D eigenvalue weighted by molar-refractivity contribution is 0.141. The molecule has 1 aromatic rings. The van der Waals surface area contributed by atoms with Crippen molar-refractivity contribution in [1.29, 1.82) is 0 Å². The van der Waals surface area contributed by atoms with E-state index in [0.29, 0.717) is 6.54 Å². The van der Waals surface area contributed by atoms with Gasteiger partial charge in [0.15, 0.2) is 6.73 Å². The van der Waals surface area contributed by atoms with E-state index in [0.717, 1.165) is 11.3 Å². The summed E-state index contributed by atoms with van der Waals surface area (Å²) in [5, 5.41) is 2.85. The topological polar surface area (TPSA) is 41.6 Å². The molecule has 0 saturated heterocycles. The molecule has 0 unspecified atom stereocenters. The second-order valence-electron chi connectivity index (χ2n) is 7.94. The molecule has 0 spiro atoms. The standard InChI is InChI=1S/C19H32N2O2/c1-9-21(19(6,7)8)17(22)20-13-23-16-11-10-14(2)12-15(16)18(3,4)5/h10-12H,9,13H2,1-8H3,(H,20,22). The van der Waals surface area contributed by atoms with Gasteiger partial charge in [-0.05, 0) is 51.7 Å². The Labute approximate surface area is 141 Å². The van der Waals surface area contributed by atoms with Crippen LogP contribution >= 0.6 is 0 Å². The number of nitrogens with one attached hydrogen (secondary N) is 1. The van der Waals surface area contributed by atoms with E-state index in [1.807, 2.05) is 39.8 Å². The van der Waals surface area contributed by atoms with Crippen LogP contribution in [-0.4, -0.2) is 29.7 Å². The number of urea groups is 1. The van der Waals surface area contributed by atoms with E-state index in [-0.39, 0.29) is 23.7 Å². The average Bonchev–Trinajstić information content (AvgIpc) is 2.38. The number of amides is 2. The van der Waals surface area contributed by atoms with Crippen molar-refractivity contribution in [3.63, 3.8) is 0 Å². The third-order valence-electron chi connectivity index (χ3n) is 3.77. The molecular weight excluding hydrogens is 288 g/mol. The Morgan fingerprint density at radius 1 is 1.17 bits per heavy atom. The first-order valence-corrected chi connectivity index (χ1v) is 8.26. The summed E-state index contributed by atoms with van der Waals surface area (Å²) < 4.78 is 5.84. The second-order valence-corrected chi connectivity index (χ2v) is 7.94. The monoisotopic (exact) mass is 320 g/mol. The Kier molecular flexibility index (Phi) is 6.09. The molecule has 23 heavy (non-hydrogen) atoms. The van der Waals surface area contributed by atoms with E-state index in [2.05, 4.69) is 39.1 Å². The molecule has 0 aromatic heterocycles. The van der Waals surface area contributed by atoms with E-state index < -0.39 is 0 Å². The lowest BCUT2D eigenvalue weighted by atomic mass is 9.85. The molecule has 1 N–H and O–H groups in total. The smallest absolute Gasteiger partial charge is 0.320 e. The molecule has 2 amide bonds. The zero-order valence-electron chi connectivity index (χ0n) is 15.9. The summed E-state index contributed by atoms with van der Waals surface area (Å²) in [7, 11) is 0. The number of ether oxygens (including phenoxy) is 1. The minimum Gasteiger partial charge on any atom is -0.473 e. The maximum absolute atomic E-state index is 12.3. The van der Waals surface area contributed by atoms with Gasteiger partial charge in [0.05, 0.1) is 0 Å². The van der Waals surface area contributed by atoms with Crippen LogP contribution in [0.25, 0.3) is 0 Å². The normalized spacial score (nSPS) is 12.0. The van der Waals surface area contributed by atoms with Crippen molar-refractivity contribution >= 4 is 6.03 Å². The highest BCUT2D eigenvalue weighted by molar-refractivity contribution is 5.74. The largest absolute Gasteiger partial charge is 0.473 e. The number of nitrogens with zero attached hydrogens (tertiary/aromatic N) is 1. The van der Waals surface area contributed by atoms with Gasteiger partial charge in [-0.15, -0.1) is 0 Å². The lowest BCUT2D eigenvalue weighted by Gasteiger charge is -2.34. The third kappa shape index (κ3) is 5.45. The van der Waals surface area contributed by atoms with Crippen molar-refractivity contribution in [2.24, 2.45) is 0 Å². The van der Waals surface area contributed by atoms with E-state index in [1.54, 1.807) is 4.90 Å². The summed E-state index contributed by atoms with van der Waals surface area (Å²) in [6.45, 7) is 17.4. The van der Waals surface area contributed by atoms with Crippen LogP contribution in [0, 0.1) is 6.92 Å². The lowest BCUT2D eigenvalue weighted by Crippen LogP contribution is -2.50. The van der Waals surface area contributed by atoms with Crippen molar-refractivity contribution in [3.05, 3.63) is 29.3 Å². The van der Waals surface area contributed by atoms with Crippen molar-refractivity contribution in [3.8, 4) is 5.75 Å². The Bertz CT molecular complexity index is 539. The first kappa shape index (κ1) is 19.3. The SMILES string of the molecule is CCN(C(=O)NCOc1ccc(C)cc1C(C)(C)C)C(C)(C)C. The van der Waals surface area contributed by atoms with E-state index in [9.17, 15) is 4.79 Å². The summed E-state index contributed by atoms with van der Waals surface area (Å²) in [6.07, 6.45) is 0. The molecule has 0 fully saturated rings. The number of benzene rings is 1. The Morgan fingerprint density at radius 2 is 1.78 bits per heavy atom. The van der Waals surface area contributed by atoms with Gasteiger partial charge in [-0.2, -0.15) is 0 Å². The molecule has 4 heteroatoms. The molecule has 0 aliphatic heterocycles. The molecule has 130 valence electrons. The minimum absolute atomic E-state index is 0.00771. The molecule has 4 nitrogen and oxygen atoms in total. The zero-order chi connectivity index (χ0) is 17.8. The molecule has 0 saturated carbocycles. The fourth-order valence-electron chi connectivity index (χ4n) is 2.55. The molecule has 0 bridgehead atoms. The number of carbonyl (C=O) groups excluding carboxylic acids is 1. The Hall–Kier alpha value is -1.71. The first-order valence-electron chi connectivity index (χ1n) is 8.26. The van der Waals surface area contributed by atoms with Crippen LogP contribution in [0.2, 0.25) is 0 Å². The van der Waals surface area contributed by atoms with Gasteiger partial charge < -0.3 is 15.0 Å². The van der Waals surface area contributed by atoms with Crippen LogP contribution in [0.5, 0.6) is 5.75 Å². The van der Waals surface area contributed by atoms with Crippen LogP contribution in [-0.2, 0) is 5.41 Å². The van der Waals surface area contributed by atoms with Gasteiger partial charge in [-0.3, -0.25) is 0 Å². The third-order valence-corrected chi connectivity index (χ3v) is 3.77. The van der Waals surface area contributed by atoms with Gasteiger partial charge in [0.1, 0.15) is 5.75 Å². The van der Waals surface area contributed by atoms with Crippen LogP contribution in [0.15, 0.2) is 18.2 Å². The van der Waals surface area contributed by atoms with Crippen LogP contribution in [0.3, 0.4) is 0 Å². The fraction of sp³-hybridized carbons (Fsp3) is 0.632. The molecule has 0 aliphatic rings. The minimum atomic E-state index is -0.209. The van der Waals surface area contributed by atoms with Gasteiger partial charge in [-0.1, -0.05) is 38.5 Å². The van der Waals surface area contributed by atoms with Crippen molar-refractivity contribution in [1.82, 2.24) is 10.2 Å². The maximum Gasteiger partial charge on any atom is 0.320 e. The first-order chi connectivity index (χ1) is 10.5. The van der Waals surface area contributed by atoms with Gasteiger partial charge >= 0.3 is 6.03 Å². The van der Waals surface area contributed by atoms with Crippen molar-refractivity contribution < 1.29 is 9.53 Å².